The van der Waals surface area contributed by atoms with E-state index in [1.165, 1.54) is 12.1 Å². The van der Waals surface area contributed by atoms with Gasteiger partial charge in [0.1, 0.15) is 23.1 Å². The molecule has 0 radical (unpaired) electrons. The van der Waals surface area contributed by atoms with Crippen LogP contribution in [0, 0.1) is 5.82 Å². The van der Waals surface area contributed by atoms with Crippen LogP contribution in [0.15, 0.2) is 60.7 Å². The molecule has 0 aliphatic carbocycles. The van der Waals surface area contributed by atoms with Crippen LogP contribution in [0.25, 0.3) is 11.1 Å². The molecule has 0 bridgehead atoms. The van der Waals surface area contributed by atoms with Crippen molar-refractivity contribution in [3.8, 4) is 28.4 Å². The van der Waals surface area contributed by atoms with Crippen LogP contribution in [-0.2, 0) is 17.6 Å². The molecule has 32 heavy (non-hydrogen) atoms. The molecular weight excluding hydrogens is 411 g/mol. The van der Waals surface area contributed by atoms with Gasteiger partial charge in [-0.15, -0.1) is 0 Å². The van der Waals surface area contributed by atoms with E-state index < -0.39 is 5.97 Å². The van der Waals surface area contributed by atoms with Gasteiger partial charge in [0.15, 0.2) is 0 Å². The predicted molar refractivity (Wildman–Crippen MR) is 121 cm³/mol. The zero-order chi connectivity index (χ0) is 22.9. The van der Waals surface area contributed by atoms with E-state index in [-0.39, 0.29) is 18.0 Å². The van der Waals surface area contributed by atoms with E-state index in [2.05, 4.69) is 0 Å². The topological polar surface area (TPSA) is 76.0 Å². The minimum Gasteiger partial charge on any atom is -0.507 e. The lowest BCUT2D eigenvalue weighted by molar-refractivity contribution is -0.136. The molecule has 0 atom stereocenters. The zero-order valence-corrected chi connectivity index (χ0v) is 18.0. The van der Waals surface area contributed by atoms with Crippen LogP contribution in [0.5, 0.6) is 17.2 Å². The zero-order valence-electron chi connectivity index (χ0n) is 18.0. The number of aromatic hydroxyl groups is 1. The Labute approximate surface area is 187 Å². The highest BCUT2D eigenvalue weighted by atomic mass is 19.1. The second-order valence-electron chi connectivity index (χ2n) is 7.43. The Morgan fingerprint density at radius 1 is 1.00 bits per heavy atom. The Balaban J connectivity index is 1.54. The molecule has 0 saturated carbocycles. The number of halogens is 1. The standard InChI is InChI=1S/C26H27FO5/c1-2-19-16-23(20-8-10-21(27)11-9-20)24(28)17-25(19)32-14-4-13-31-22-6-3-5-18(15-22)7-12-26(29)30/h3,5-6,8-11,15-17,28H,2,4,7,12-14H2,1H3,(H,29,30). The van der Waals surface area contributed by atoms with Crippen molar-refractivity contribution >= 4 is 5.97 Å². The summed E-state index contributed by atoms with van der Waals surface area (Å²) in [4.78, 5) is 10.7. The van der Waals surface area contributed by atoms with Crippen molar-refractivity contribution in [3.63, 3.8) is 0 Å². The molecule has 2 N–H and O–H groups in total. The summed E-state index contributed by atoms with van der Waals surface area (Å²) in [5.41, 5.74) is 3.25. The highest BCUT2D eigenvalue weighted by molar-refractivity contribution is 5.72. The van der Waals surface area contributed by atoms with Gasteiger partial charge in [-0.1, -0.05) is 31.2 Å². The second-order valence-corrected chi connectivity index (χ2v) is 7.43. The Hall–Kier alpha value is -3.54. The summed E-state index contributed by atoms with van der Waals surface area (Å²) in [6, 6.07) is 16.9. The first-order valence-corrected chi connectivity index (χ1v) is 10.6. The molecule has 3 aromatic rings. The van der Waals surface area contributed by atoms with E-state index in [1.807, 2.05) is 37.3 Å². The van der Waals surface area contributed by atoms with Gasteiger partial charge in [0.25, 0.3) is 0 Å². The first kappa shape index (κ1) is 23.1. The maximum absolute atomic E-state index is 13.2. The number of phenols is 1. The SMILES string of the molecule is CCc1cc(-c2ccc(F)cc2)c(O)cc1OCCCOc1cccc(CCC(=O)O)c1. The van der Waals surface area contributed by atoms with Crippen LogP contribution in [-0.4, -0.2) is 29.4 Å². The normalized spacial score (nSPS) is 10.7. The number of ether oxygens (including phenoxy) is 2. The van der Waals surface area contributed by atoms with Gasteiger partial charge in [-0.25, -0.2) is 4.39 Å². The minimum atomic E-state index is -0.823. The number of phenolic OH excluding ortho intramolecular Hbond substituents is 1. The molecule has 3 rings (SSSR count). The van der Waals surface area contributed by atoms with Crippen molar-refractivity contribution in [1.82, 2.24) is 0 Å². The van der Waals surface area contributed by atoms with Gasteiger partial charge in [0.05, 0.1) is 13.2 Å². The molecule has 0 saturated heterocycles. The summed E-state index contributed by atoms with van der Waals surface area (Å²) < 4.78 is 24.8. The van der Waals surface area contributed by atoms with Crippen LogP contribution >= 0.6 is 0 Å². The summed E-state index contributed by atoms with van der Waals surface area (Å²) in [5, 5.41) is 19.3. The first-order valence-electron chi connectivity index (χ1n) is 10.6. The average Bonchev–Trinajstić information content (AvgIpc) is 2.78. The fraction of sp³-hybridized carbons (Fsp3) is 0.269. The lowest BCUT2D eigenvalue weighted by atomic mass is 10.00. The largest absolute Gasteiger partial charge is 0.507 e. The van der Waals surface area contributed by atoms with Gasteiger partial charge in [0, 0.05) is 24.5 Å². The third kappa shape index (κ3) is 6.48. The number of aliphatic carboxylic acids is 1. The maximum Gasteiger partial charge on any atom is 0.303 e. The highest BCUT2D eigenvalue weighted by Crippen LogP contribution is 2.36. The summed E-state index contributed by atoms with van der Waals surface area (Å²) in [7, 11) is 0. The molecule has 5 nitrogen and oxygen atoms in total. The van der Waals surface area contributed by atoms with E-state index in [0.29, 0.717) is 43.1 Å². The van der Waals surface area contributed by atoms with Crippen LogP contribution in [0.4, 0.5) is 4.39 Å². The lowest BCUT2D eigenvalue weighted by Gasteiger charge is -2.14. The number of hydrogen-bond donors (Lipinski definition) is 2. The van der Waals surface area contributed by atoms with Crippen molar-refractivity contribution in [3.05, 3.63) is 77.6 Å². The van der Waals surface area contributed by atoms with Crippen LogP contribution in [0.1, 0.15) is 30.9 Å². The van der Waals surface area contributed by atoms with E-state index in [0.717, 1.165) is 23.1 Å². The summed E-state index contributed by atoms with van der Waals surface area (Å²) in [6.07, 6.45) is 1.92. The highest BCUT2D eigenvalue weighted by Gasteiger charge is 2.11. The Morgan fingerprint density at radius 3 is 2.47 bits per heavy atom. The Kier molecular flexibility index (Phi) is 8.08. The fourth-order valence-electron chi connectivity index (χ4n) is 3.36. The first-order chi connectivity index (χ1) is 15.5. The number of benzene rings is 3. The molecule has 0 amide bonds. The van der Waals surface area contributed by atoms with Crippen molar-refractivity contribution in [1.29, 1.82) is 0 Å². The number of rotatable bonds is 11. The molecule has 6 heteroatoms. The van der Waals surface area contributed by atoms with Crippen molar-refractivity contribution in [2.75, 3.05) is 13.2 Å². The third-order valence-electron chi connectivity index (χ3n) is 5.06. The van der Waals surface area contributed by atoms with Crippen molar-refractivity contribution in [2.45, 2.75) is 32.6 Å². The average molecular weight is 438 g/mol. The molecule has 0 heterocycles. The molecule has 0 aliphatic heterocycles. The molecule has 0 unspecified atom stereocenters. The van der Waals surface area contributed by atoms with Gasteiger partial charge in [0.2, 0.25) is 0 Å². The van der Waals surface area contributed by atoms with E-state index in [1.54, 1.807) is 18.2 Å². The van der Waals surface area contributed by atoms with Gasteiger partial charge in [-0.3, -0.25) is 4.79 Å². The van der Waals surface area contributed by atoms with Crippen molar-refractivity contribution in [2.24, 2.45) is 0 Å². The minimum absolute atomic E-state index is 0.0817. The van der Waals surface area contributed by atoms with Gasteiger partial charge in [-0.05, 0) is 59.9 Å². The van der Waals surface area contributed by atoms with E-state index in [4.69, 9.17) is 14.6 Å². The fourth-order valence-corrected chi connectivity index (χ4v) is 3.36. The quantitative estimate of drug-likeness (QED) is 0.380. The van der Waals surface area contributed by atoms with E-state index in [9.17, 15) is 14.3 Å². The third-order valence-corrected chi connectivity index (χ3v) is 5.06. The number of carboxylic acids is 1. The van der Waals surface area contributed by atoms with Crippen LogP contribution in [0.2, 0.25) is 0 Å². The van der Waals surface area contributed by atoms with Crippen molar-refractivity contribution < 1.29 is 28.9 Å². The van der Waals surface area contributed by atoms with Gasteiger partial charge in [-0.2, -0.15) is 0 Å². The Bertz CT molecular complexity index is 1050. The molecule has 168 valence electrons. The monoisotopic (exact) mass is 438 g/mol. The van der Waals surface area contributed by atoms with Crippen LogP contribution < -0.4 is 9.47 Å². The number of carboxylic acid groups (broad SMARTS) is 1. The molecule has 0 spiro atoms. The molecule has 0 fully saturated rings. The number of carbonyl (C=O) groups is 1. The summed E-state index contributed by atoms with van der Waals surface area (Å²) >= 11 is 0. The van der Waals surface area contributed by atoms with Gasteiger partial charge >= 0.3 is 5.97 Å². The Morgan fingerprint density at radius 2 is 1.75 bits per heavy atom. The predicted octanol–water partition coefficient (Wildman–Crippen LogP) is 5.63. The lowest BCUT2D eigenvalue weighted by Crippen LogP contribution is -2.06. The summed E-state index contributed by atoms with van der Waals surface area (Å²) in [6.45, 7) is 2.87. The summed E-state index contributed by atoms with van der Waals surface area (Å²) in [5.74, 6) is 0.253. The smallest absolute Gasteiger partial charge is 0.303 e. The number of hydrogen-bond acceptors (Lipinski definition) is 4. The van der Waals surface area contributed by atoms with Gasteiger partial charge < -0.3 is 19.7 Å². The molecular formula is C26H27FO5. The molecule has 0 aromatic heterocycles. The molecule has 3 aromatic carbocycles. The van der Waals surface area contributed by atoms with Crippen LogP contribution in [0.3, 0.4) is 0 Å². The molecule has 0 aliphatic rings. The van der Waals surface area contributed by atoms with E-state index >= 15 is 0 Å². The number of aryl methyl sites for hydroxylation is 2. The maximum atomic E-state index is 13.2. The second kappa shape index (κ2) is 11.2.